The zero-order valence-electron chi connectivity index (χ0n) is 6.76. The van der Waals surface area contributed by atoms with Crippen LogP contribution in [0.15, 0.2) is 24.3 Å². The lowest BCUT2D eigenvalue weighted by Crippen LogP contribution is -1.78. The molecule has 0 amide bonds. The van der Waals surface area contributed by atoms with Crippen LogP contribution in [-0.2, 0) is 0 Å². The van der Waals surface area contributed by atoms with E-state index in [1.54, 1.807) is 0 Å². The lowest BCUT2D eigenvalue weighted by atomic mass is 10.1. The maximum absolute atomic E-state index is 5.79. The first-order valence-corrected chi connectivity index (χ1v) is 4.00. The van der Waals surface area contributed by atoms with Crippen LogP contribution in [0, 0.1) is 6.92 Å². The monoisotopic (exact) mass is 166 g/mol. The first-order chi connectivity index (χ1) is 5.24. The van der Waals surface area contributed by atoms with Gasteiger partial charge in [0, 0.05) is 5.02 Å². The molecule has 0 heterocycles. The Hall–Kier alpha value is -0.750. The Morgan fingerprint density at radius 3 is 2.64 bits per heavy atom. The molecule has 0 aliphatic carbocycles. The topological polar surface area (TPSA) is 0 Å². The summed E-state index contributed by atoms with van der Waals surface area (Å²) in [6, 6.07) is 5.90. The van der Waals surface area contributed by atoms with Gasteiger partial charge in [0.15, 0.2) is 0 Å². The Morgan fingerprint density at radius 1 is 1.36 bits per heavy atom. The van der Waals surface area contributed by atoms with Crippen LogP contribution in [0.3, 0.4) is 0 Å². The zero-order valence-corrected chi connectivity index (χ0v) is 7.52. The highest BCUT2D eigenvalue weighted by Gasteiger charge is 1.93. The highest BCUT2D eigenvalue weighted by molar-refractivity contribution is 6.30. The lowest BCUT2D eigenvalue weighted by Gasteiger charge is -1.99. The molecule has 0 spiro atoms. The molecule has 0 unspecified atom stereocenters. The molecule has 0 saturated carbocycles. The fourth-order valence-electron chi connectivity index (χ4n) is 1.01. The van der Waals surface area contributed by atoms with Crippen molar-refractivity contribution in [3.05, 3.63) is 40.4 Å². The number of hydrogen-bond donors (Lipinski definition) is 0. The maximum Gasteiger partial charge on any atom is 0.0409 e. The summed E-state index contributed by atoms with van der Waals surface area (Å²) in [5.41, 5.74) is 2.45. The average Bonchev–Trinajstić information content (AvgIpc) is 1.95. The molecule has 1 aromatic rings. The second-order valence-corrected chi connectivity index (χ2v) is 2.94. The summed E-state index contributed by atoms with van der Waals surface area (Å²) in [6.45, 7) is 4.06. The summed E-state index contributed by atoms with van der Waals surface area (Å²) in [5, 5.41) is 0.802. The van der Waals surface area contributed by atoms with Crippen LogP contribution in [-0.4, -0.2) is 0 Å². The fourth-order valence-corrected chi connectivity index (χ4v) is 1.23. The van der Waals surface area contributed by atoms with E-state index in [9.17, 15) is 0 Å². The van der Waals surface area contributed by atoms with Gasteiger partial charge in [0.05, 0.1) is 0 Å². The van der Waals surface area contributed by atoms with E-state index in [-0.39, 0.29) is 0 Å². The highest BCUT2D eigenvalue weighted by Crippen LogP contribution is 2.15. The smallest absolute Gasteiger partial charge is 0.0409 e. The molecule has 1 rings (SSSR count). The number of rotatable bonds is 1. The summed E-state index contributed by atoms with van der Waals surface area (Å²) in [5.74, 6) is 0. The molecule has 0 fully saturated rings. The van der Waals surface area contributed by atoms with Crippen LogP contribution in [0.1, 0.15) is 18.1 Å². The molecule has 0 aliphatic rings. The largest absolute Gasteiger partial charge is 0.0871 e. The minimum atomic E-state index is 0.802. The van der Waals surface area contributed by atoms with Crippen molar-refractivity contribution < 1.29 is 0 Å². The van der Waals surface area contributed by atoms with Gasteiger partial charge in [-0.1, -0.05) is 29.8 Å². The van der Waals surface area contributed by atoms with Crippen LogP contribution in [0.25, 0.3) is 6.08 Å². The van der Waals surface area contributed by atoms with Gasteiger partial charge in [0.25, 0.3) is 0 Å². The van der Waals surface area contributed by atoms with Crippen molar-refractivity contribution in [3.8, 4) is 0 Å². The standard InChI is InChI=1S/C10H11Cl/c1-3-4-9-5-6-10(11)7-8(9)2/h3-7H,1-2H3/b4-3-. The predicted octanol–water partition coefficient (Wildman–Crippen LogP) is 3.68. The highest BCUT2D eigenvalue weighted by atomic mass is 35.5. The number of aryl methyl sites for hydroxylation is 1. The minimum absolute atomic E-state index is 0.802. The fraction of sp³-hybridized carbons (Fsp3) is 0.200. The first-order valence-electron chi connectivity index (χ1n) is 3.63. The Kier molecular flexibility index (Phi) is 2.72. The van der Waals surface area contributed by atoms with Gasteiger partial charge in [-0.25, -0.2) is 0 Å². The van der Waals surface area contributed by atoms with E-state index in [1.807, 2.05) is 31.2 Å². The van der Waals surface area contributed by atoms with E-state index in [2.05, 4.69) is 13.0 Å². The van der Waals surface area contributed by atoms with Crippen molar-refractivity contribution in [3.63, 3.8) is 0 Å². The van der Waals surface area contributed by atoms with Crippen molar-refractivity contribution in [1.29, 1.82) is 0 Å². The average molecular weight is 167 g/mol. The number of allylic oxidation sites excluding steroid dienone is 1. The van der Waals surface area contributed by atoms with E-state index in [0.29, 0.717) is 0 Å². The molecule has 0 atom stereocenters. The quantitative estimate of drug-likeness (QED) is 0.597. The maximum atomic E-state index is 5.79. The summed E-state index contributed by atoms with van der Waals surface area (Å²) < 4.78 is 0. The zero-order chi connectivity index (χ0) is 8.27. The molecule has 0 aromatic heterocycles. The first kappa shape index (κ1) is 8.35. The van der Waals surface area contributed by atoms with E-state index >= 15 is 0 Å². The van der Waals surface area contributed by atoms with Gasteiger partial charge < -0.3 is 0 Å². The molecule has 1 heteroatoms. The normalized spacial score (nSPS) is 10.8. The molecule has 1 aromatic carbocycles. The Balaban J connectivity index is 3.09. The van der Waals surface area contributed by atoms with E-state index in [0.717, 1.165) is 5.02 Å². The Labute approximate surface area is 72.5 Å². The number of benzene rings is 1. The molecule has 0 aliphatic heterocycles. The summed E-state index contributed by atoms with van der Waals surface area (Å²) >= 11 is 5.79. The van der Waals surface area contributed by atoms with Crippen molar-refractivity contribution in [2.24, 2.45) is 0 Å². The third-order valence-electron chi connectivity index (χ3n) is 1.58. The van der Waals surface area contributed by atoms with Crippen molar-refractivity contribution in [2.45, 2.75) is 13.8 Å². The van der Waals surface area contributed by atoms with Gasteiger partial charge in [-0.05, 0) is 37.1 Å². The molecule has 0 radical (unpaired) electrons. The van der Waals surface area contributed by atoms with Crippen LogP contribution in [0.5, 0.6) is 0 Å². The molecular weight excluding hydrogens is 156 g/mol. The molecule has 11 heavy (non-hydrogen) atoms. The summed E-state index contributed by atoms with van der Waals surface area (Å²) in [6.07, 6.45) is 4.10. The molecule has 0 nitrogen and oxygen atoms in total. The molecular formula is C10H11Cl. The van der Waals surface area contributed by atoms with Gasteiger partial charge in [0.2, 0.25) is 0 Å². The van der Waals surface area contributed by atoms with E-state index < -0.39 is 0 Å². The van der Waals surface area contributed by atoms with Gasteiger partial charge in [0.1, 0.15) is 0 Å². The van der Waals surface area contributed by atoms with Crippen LogP contribution >= 0.6 is 11.6 Å². The van der Waals surface area contributed by atoms with Crippen molar-refractivity contribution in [2.75, 3.05) is 0 Å². The third-order valence-corrected chi connectivity index (χ3v) is 1.81. The number of hydrogen-bond acceptors (Lipinski definition) is 0. The van der Waals surface area contributed by atoms with Gasteiger partial charge >= 0.3 is 0 Å². The Morgan fingerprint density at radius 2 is 2.09 bits per heavy atom. The lowest BCUT2D eigenvalue weighted by molar-refractivity contribution is 1.44. The second-order valence-electron chi connectivity index (χ2n) is 2.50. The van der Waals surface area contributed by atoms with Gasteiger partial charge in [-0.2, -0.15) is 0 Å². The van der Waals surface area contributed by atoms with Gasteiger partial charge in [-0.3, -0.25) is 0 Å². The SMILES string of the molecule is C/C=C\c1ccc(Cl)cc1C. The van der Waals surface area contributed by atoms with E-state index in [4.69, 9.17) is 11.6 Å². The third kappa shape index (κ3) is 2.09. The summed E-state index contributed by atoms with van der Waals surface area (Å²) in [7, 11) is 0. The van der Waals surface area contributed by atoms with Crippen LogP contribution < -0.4 is 0 Å². The summed E-state index contributed by atoms with van der Waals surface area (Å²) in [4.78, 5) is 0. The Bertz CT molecular complexity index is 274. The molecule has 0 saturated heterocycles. The minimum Gasteiger partial charge on any atom is -0.0871 e. The van der Waals surface area contributed by atoms with Crippen LogP contribution in [0.4, 0.5) is 0 Å². The van der Waals surface area contributed by atoms with E-state index in [1.165, 1.54) is 11.1 Å². The predicted molar refractivity (Wildman–Crippen MR) is 50.9 cm³/mol. The molecule has 0 bridgehead atoms. The number of halogens is 1. The second kappa shape index (κ2) is 3.59. The van der Waals surface area contributed by atoms with Crippen molar-refractivity contribution >= 4 is 17.7 Å². The van der Waals surface area contributed by atoms with Crippen molar-refractivity contribution in [1.82, 2.24) is 0 Å². The van der Waals surface area contributed by atoms with Crippen LogP contribution in [0.2, 0.25) is 5.02 Å². The molecule has 58 valence electrons. The molecule has 0 N–H and O–H groups in total. The van der Waals surface area contributed by atoms with Gasteiger partial charge in [-0.15, -0.1) is 0 Å².